The molecule has 13 heavy (non-hydrogen) atoms. The standard InChI is InChI=1S/C9H14N2O2/c1-7-3-4-8(9(10)11-7)13-6-2-5-12/h3-4,12H,2,5-6H2,1H3,(H2,10,11). The first kappa shape index (κ1) is 9.80. The molecule has 72 valence electrons. The highest BCUT2D eigenvalue weighted by Crippen LogP contribution is 2.18. The van der Waals surface area contributed by atoms with Crippen molar-refractivity contribution >= 4 is 5.82 Å². The lowest BCUT2D eigenvalue weighted by atomic mass is 10.3. The normalized spacial score (nSPS) is 10.0. The van der Waals surface area contributed by atoms with Crippen LogP contribution in [-0.4, -0.2) is 23.3 Å². The van der Waals surface area contributed by atoms with Crippen molar-refractivity contribution in [3.05, 3.63) is 17.8 Å². The van der Waals surface area contributed by atoms with E-state index in [1.807, 2.05) is 13.0 Å². The van der Waals surface area contributed by atoms with Crippen LogP contribution in [0.5, 0.6) is 5.75 Å². The molecule has 0 fully saturated rings. The van der Waals surface area contributed by atoms with E-state index < -0.39 is 0 Å². The summed E-state index contributed by atoms with van der Waals surface area (Å²) in [6, 6.07) is 3.62. The van der Waals surface area contributed by atoms with Crippen LogP contribution < -0.4 is 10.5 Å². The highest BCUT2D eigenvalue weighted by Gasteiger charge is 2.00. The molecule has 0 aromatic carbocycles. The highest BCUT2D eigenvalue weighted by atomic mass is 16.5. The molecular weight excluding hydrogens is 168 g/mol. The molecule has 0 saturated heterocycles. The SMILES string of the molecule is Cc1ccc(OCCCO)c(N)n1. The molecule has 0 spiro atoms. The zero-order chi connectivity index (χ0) is 9.68. The number of aryl methyl sites for hydroxylation is 1. The number of aromatic nitrogens is 1. The van der Waals surface area contributed by atoms with Gasteiger partial charge in [-0.15, -0.1) is 0 Å². The number of rotatable bonds is 4. The van der Waals surface area contributed by atoms with E-state index in [1.54, 1.807) is 6.07 Å². The van der Waals surface area contributed by atoms with E-state index in [1.165, 1.54) is 0 Å². The molecule has 0 saturated carbocycles. The zero-order valence-corrected chi connectivity index (χ0v) is 7.66. The van der Waals surface area contributed by atoms with Gasteiger partial charge in [-0.05, 0) is 19.1 Å². The second-order valence-electron chi connectivity index (χ2n) is 2.76. The van der Waals surface area contributed by atoms with Crippen LogP contribution in [0, 0.1) is 6.92 Å². The van der Waals surface area contributed by atoms with Gasteiger partial charge in [0.2, 0.25) is 0 Å². The largest absolute Gasteiger partial charge is 0.490 e. The Kier molecular flexibility index (Phi) is 3.52. The van der Waals surface area contributed by atoms with Gasteiger partial charge in [0.05, 0.1) is 6.61 Å². The van der Waals surface area contributed by atoms with Crippen LogP contribution in [0.3, 0.4) is 0 Å². The Labute approximate surface area is 77.4 Å². The molecular formula is C9H14N2O2. The van der Waals surface area contributed by atoms with Crippen molar-refractivity contribution < 1.29 is 9.84 Å². The van der Waals surface area contributed by atoms with Crippen LogP contribution >= 0.6 is 0 Å². The minimum Gasteiger partial charge on any atom is -0.490 e. The van der Waals surface area contributed by atoms with Crippen molar-refractivity contribution in [1.82, 2.24) is 4.98 Å². The quantitative estimate of drug-likeness (QED) is 0.674. The Hall–Kier alpha value is -1.29. The van der Waals surface area contributed by atoms with Gasteiger partial charge in [-0.1, -0.05) is 0 Å². The Balaban J connectivity index is 2.56. The summed E-state index contributed by atoms with van der Waals surface area (Å²) in [5, 5.41) is 8.53. The van der Waals surface area contributed by atoms with Crippen LogP contribution in [0.15, 0.2) is 12.1 Å². The number of hydrogen-bond donors (Lipinski definition) is 2. The third-order valence-corrected chi connectivity index (χ3v) is 1.59. The maximum absolute atomic E-state index is 8.53. The van der Waals surface area contributed by atoms with E-state index in [0.717, 1.165) is 5.69 Å². The molecule has 0 radical (unpaired) electrons. The molecule has 0 atom stereocenters. The van der Waals surface area contributed by atoms with Gasteiger partial charge in [-0.2, -0.15) is 0 Å². The smallest absolute Gasteiger partial charge is 0.166 e. The predicted molar refractivity (Wildman–Crippen MR) is 50.6 cm³/mol. The first-order valence-electron chi connectivity index (χ1n) is 4.21. The molecule has 1 rings (SSSR count). The average molecular weight is 182 g/mol. The molecule has 0 aliphatic carbocycles. The molecule has 0 aliphatic heterocycles. The lowest BCUT2D eigenvalue weighted by Crippen LogP contribution is -2.03. The summed E-state index contributed by atoms with van der Waals surface area (Å²) in [7, 11) is 0. The fraction of sp³-hybridized carbons (Fsp3) is 0.444. The van der Waals surface area contributed by atoms with Gasteiger partial charge in [0.15, 0.2) is 11.6 Å². The molecule has 4 nitrogen and oxygen atoms in total. The van der Waals surface area contributed by atoms with Gasteiger partial charge in [0.1, 0.15) is 0 Å². The molecule has 0 amide bonds. The number of nitrogens with zero attached hydrogens (tertiary/aromatic N) is 1. The van der Waals surface area contributed by atoms with Crippen LogP contribution in [0.1, 0.15) is 12.1 Å². The number of hydrogen-bond acceptors (Lipinski definition) is 4. The summed E-state index contributed by atoms with van der Waals surface area (Å²) >= 11 is 0. The van der Waals surface area contributed by atoms with Crippen molar-refractivity contribution in [1.29, 1.82) is 0 Å². The number of ether oxygens (including phenoxy) is 1. The van der Waals surface area contributed by atoms with Crippen LogP contribution in [0.25, 0.3) is 0 Å². The predicted octanol–water partition coefficient (Wildman–Crippen LogP) is 0.733. The number of pyridine rings is 1. The molecule has 4 heteroatoms. The number of aliphatic hydroxyl groups excluding tert-OH is 1. The monoisotopic (exact) mass is 182 g/mol. The maximum atomic E-state index is 8.53. The maximum Gasteiger partial charge on any atom is 0.166 e. The van der Waals surface area contributed by atoms with Crippen molar-refractivity contribution in [2.45, 2.75) is 13.3 Å². The van der Waals surface area contributed by atoms with E-state index in [0.29, 0.717) is 24.6 Å². The van der Waals surface area contributed by atoms with Gasteiger partial charge in [0.25, 0.3) is 0 Å². The van der Waals surface area contributed by atoms with Crippen LogP contribution in [0.2, 0.25) is 0 Å². The summed E-state index contributed by atoms with van der Waals surface area (Å²) in [6.45, 7) is 2.46. The van der Waals surface area contributed by atoms with Gasteiger partial charge in [-0.3, -0.25) is 0 Å². The minimum atomic E-state index is 0.124. The summed E-state index contributed by atoms with van der Waals surface area (Å²) in [6.07, 6.45) is 0.604. The second-order valence-corrected chi connectivity index (χ2v) is 2.76. The number of aliphatic hydroxyl groups is 1. The number of nitrogen functional groups attached to an aromatic ring is 1. The van der Waals surface area contributed by atoms with E-state index in [4.69, 9.17) is 15.6 Å². The Morgan fingerprint density at radius 2 is 2.31 bits per heavy atom. The third kappa shape index (κ3) is 2.91. The molecule has 1 aromatic heterocycles. The topological polar surface area (TPSA) is 68.4 Å². The molecule has 0 bridgehead atoms. The van der Waals surface area contributed by atoms with Crippen molar-refractivity contribution in [3.8, 4) is 5.75 Å². The summed E-state index contributed by atoms with van der Waals surface area (Å²) in [4.78, 5) is 4.04. The van der Waals surface area contributed by atoms with Gasteiger partial charge < -0.3 is 15.6 Å². The lowest BCUT2D eigenvalue weighted by molar-refractivity contribution is 0.234. The average Bonchev–Trinajstić information content (AvgIpc) is 2.09. The van der Waals surface area contributed by atoms with E-state index in [2.05, 4.69) is 4.98 Å². The number of anilines is 1. The van der Waals surface area contributed by atoms with Gasteiger partial charge in [0, 0.05) is 18.7 Å². The fourth-order valence-electron chi connectivity index (χ4n) is 0.933. The van der Waals surface area contributed by atoms with Crippen LogP contribution in [-0.2, 0) is 0 Å². The van der Waals surface area contributed by atoms with Crippen molar-refractivity contribution in [2.24, 2.45) is 0 Å². The van der Waals surface area contributed by atoms with Crippen molar-refractivity contribution in [2.75, 3.05) is 18.9 Å². The first-order valence-corrected chi connectivity index (χ1v) is 4.21. The lowest BCUT2D eigenvalue weighted by Gasteiger charge is -2.07. The van der Waals surface area contributed by atoms with Gasteiger partial charge >= 0.3 is 0 Å². The Morgan fingerprint density at radius 1 is 1.54 bits per heavy atom. The summed E-state index contributed by atoms with van der Waals surface area (Å²) in [5.41, 5.74) is 6.47. The van der Waals surface area contributed by atoms with Gasteiger partial charge in [-0.25, -0.2) is 4.98 Å². The van der Waals surface area contributed by atoms with Crippen molar-refractivity contribution in [3.63, 3.8) is 0 Å². The van der Waals surface area contributed by atoms with E-state index in [-0.39, 0.29) is 6.61 Å². The molecule has 0 unspecified atom stereocenters. The highest BCUT2D eigenvalue weighted by molar-refractivity contribution is 5.46. The Bertz CT molecular complexity index is 276. The fourth-order valence-corrected chi connectivity index (χ4v) is 0.933. The Morgan fingerprint density at radius 3 is 2.92 bits per heavy atom. The molecule has 1 heterocycles. The third-order valence-electron chi connectivity index (χ3n) is 1.59. The second kappa shape index (κ2) is 4.67. The van der Waals surface area contributed by atoms with E-state index in [9.17, 15) is 0 Å². The molecule has 1 aromatic rings. The van der Waals surface area contributed by atoms with E-state index >= 15 is 0 Å². The summed E-state index contributed by atoms with van der Waals surface area (Å²) in [5.74, 6) is 0.983. The summed E-state index contributed by atoms with van der Waals surface area (Å²) < 4.78 is 5.28. The molecule has 0 aliphatic rings. The van der Waals surface area contributed by atoms with Crippen LogP contribution in [0.4, 0.5) is 5.82 Å². The number of nitrogens with two attached hydrogens (primary N) is 1. The zero-order valence-electron chi connectivity index (χ0n) is 7.66. The molecule has 3 N–H and O–H groups in total. The first-order chi connectivity index (χ1) is 6.24. The minimum absolute atomic E-state index is 0.124.